The fraction of sp³-hybridized carbons (Fsp3) is 0.226. The number of esters is 1. The van der Waals surface area contributed by atoms with Crippen LogP contribution in [0, 0.1) is 0 Å². The Morgan fingerprint density at radius 3 is 2.43 bits per heavy atom. The number of rotatable bonds is 12. The van der Waals surface area contributed by atoms with Crippen LogP contribution in [0.2, 0.25) is 10.0 Å². The molecule has 0 aromatic heterocycles. The Hall–Kier alpha value is -4.46. The molecule has 1 atom stereocenters. The Labute approximate surface area is 283 Å². The summed E-state index contributed by atoms with van der Waals surface area (Å²) in [4.78, 5) is 37.0. The van der Waals surface area contributed by atoms with Crippen LogP contribution in [0.5, 0.6) is 23.0 Å². The lowest BCUT2D eigenvalue weighted by Gasteiger charge is -2.28. The van der Waals surface area contributed by atoms with Gasteiger partial charge in [0.15, 0.2) is 29.6 Å². The Morgan fingerprint density at radius 1 is 0.978 bits per heavy atom. The number of benzene rings is 3. The maximum atomic E-state index is 12.5. The number of ether oxygens (including phenoxy) is 5. The average Bonchev–Trinajstić information content (AvgIpc) is 3.03. The minimum atomic E-state index is -0.788. The van der Waals surface area contributed by atoms with Crippen molar-refractivity contribution in [2.75, 3.05) is 27.9 Å². The summed E-state index contributed by atoms with van der Waals surface area (Å²) in [5, 5.41) is 10.2. The predicted octanol–water partition coefficient (Wildman–Crippen LogP) is 5.68. The van der Waals surface area contributed by atoms with Crippen molar-refractivity contribution < 1.29 is 38.1 Å². The minimum absolute atomic E-state index is 0.225. The number of allylic oxidation sites excluding steroid dienone is 1. The van der Waals surface area contributed by atoms with Gasteiger partial charge in [0.2, 0.25) is 0 Å². The standard InChI is InChI=1S/C31H29BrCl2N4O8/c1-16-27(30(40)44-4)28(37-31(41)36-16)19-6-8-23(24(12-19)42-2)45-15-26(39)38-35-13-18-9-20(32)29(25(11-18)43-3)46-14-17-5-7-21(33)22(34)10-17/h5-13,28H,14-15H2,1-4H3,(H,38,39)(H2,36,37,41)/b35-13-/t28-/m0/s1. The molecule has 3 aromatic rings. The number of nitrogens with zero attached hydrogens (tertiary/aromatic N) is 1. The zero-order chi connectivity index (χ0) is 33.4. The molecule has 15 heteroatoms. The Balaban J connectivity index is 1.37. The summed E-state index contributed by atoms with van der Waals surface area (Å²) >= 11 is 15.6. The normalized spacial score (nSPS) is 14.3. The van der Waals surface area contributed by atoms with Gasteiger partial charge in [-0.05, 0) is 75.9 Å². The molecule has 0 saturated carbocycles. The van der Waals surface area contributed by atoms with Crippen molar-refractivity contribution >= 4 is 63.3 Å². The van der Waals surface area contributed by atoms with Crippen LogP contribution in [0.4, 0.5) is 4.79 Å². The van der Waals surface area contributed by atoms with Gasteiger partial charge in [-0.1, -0.05) is 35.3 Å². The Kier molecular flexibility index (Phi) is 11.7. The number of methoxy groups -OCH3 is 3. The second-order valence-electron chi connectivity index (χ2n) is 9.63. The van der Waals surface area contributed by atoms with Gasteiger partial charge in [-0.3, -0.25) is 4.79 Å². The molecule has 3 amide bonds. The van der Waals surface area contributed by atoms with E-state index >= 15 is 0 Å². The molecule has 0 saturated heterocycles. The molecule has 4 rings (SSSR count). The number of urea groups is 1. The molecule has 12 nitrogen and oxygen atoms in total. The lowest BCUT2D eigenvalue weighted by Crippen LogP contribution is -2.45. The average molecular weight is 736 g/mol. The number of hydrogen-bond acceptors (Lipinski definition) is 9. The molecule has 3 aromatic carbocycles. The molecule has 1 aliphatic rings. The minimum Gasteiger partial charge on any atom is -0.493 e. The maximum Gasteiger partial charge on any atom is 0.337 e. The number of carbonyl (C=O) groups excluding carboxylic acids is 3. The van der Waals surface area contributed by atoms with E-state index < -0.39 is 23.9 Å². The third kappa shape index (κ3) is 8.42. The van der Waals surface area contributed by atoms with Crippen molar-refractivity contribution in [3.8, 4) is 23.0 Å². The molecule has 0 bridgehead atoms. The summed E-state index contributed by atoms with van der Waals surface area (Å²) in [7, 11) is 4.19. The van der Waals surface area contributed by atoms with Gasteiger partial charge in [-0.25, -0.2) is 15.0 Å². The van der Waals surface area contributed by atoms with Gasteiger partial charge in [0.05, 0.1) is 53.7 Å². The summed E-state index contributed by atoms with van der Waals surface area (Å²) < 4.78 is 28.0. The fourth-order valence-electron chi connectivity index (χ4n) is 4.40. The first kappa shape index (κ1) is 34.4. The monoisotopic (exact) mass is 734 g/mol. The first-order chi connectivity index (χ1) is 22.0. The quantitative estimate of drug-likeness (QED) is 0.122. The third-order valence-electron chi connectivity index (χ3n) is 6.58. The van der Waals surface area contributed by atoms with Crippen LogP contribution in [0.25, 0.3) is 0 Å². The second kappa shape index (κ2) is 15.7. The van der Waals surface area contributed by atoms with E-state index in [1.165, 1.54) is 27.5 Å². The largest absolute Gasteiger partial charge is 0.493 e. The SMILES string of the molecule is COC(=O)C1=C(C)NC(=O)N[C@H]1c1ccc(OCC(=O)N/N=C\c2cc(Br)c(OCc3ccc(Cl)c(Cl)c3)c(OC)c2)c(OC)c1. The summed E-state index contributed by atoms with van der Waals surface area (Å²) in [6, 6.07) is 12.2. The van der Waals surface area contributed by atoms with Gasteiger partial charge >= 0.3 is 12.0 Å². The van der Waals surface area contributed by atoms with Crippen LogP contribution < -0.4 is 35.0 Å². The van der Waals surface area contributed by atoms with E-state index in [1.54, 1.807) is 49.4 Å². The van der Waals surface area contributed by atoms with Crippen LogP contribution in [0.1, 0.15) is 29.7 Å². The van der Waals surface area contributed by atoms with Crippen molar-refractivity contribution in [3.63, 3.8) is 0 Å². The third-order valence-corrected chi connectivity index (χ3v) is 7.90. The molecule has 0 aliphatic carbocycles. The Morgan fingerprint density at radius 2 is 1.74 bits per heavy atom. The highest BCUT2D eigenvalue weighted by Gasteiger charge is 2.32. The highest BCUT2D eigenvalue weighted by Crippen LogP contribution is 2.37. The molecule has 0 radical (unpaired) electrons. The molecular weight excluding hydrogens is 707 g/mol. The lowest BCUT2D eigenvalue weighted by atomic mass is 9.95. The van der Waals surface area contributed by atoms with E-state index in [-0.39, 0.29) is 30.3 Å². The van der Waals surface area contributed by atoms with Gasteiger partial charge in [-0.2, -0.15) is 5.10 Å². The van der Waals surface area contributed by atoms with E-state index in [0.717, 1.165) is 5.56 Å². The number of halogens is 3. The van der Waals surface area contributed by atoms with Gasteiger partial charge < -0.3 is 34.3 Å². The van der Waals surface area contributed by atoms with Crippen LogP contribution >= 0.6 is 39.1 Å². The highest BCUT2D eigenvalue weighted by atomic mass is 79.9. The summed E-state index contributed by atoms with van der Waals surface area (Å²) in [5.41, 5.74) is 4.99. The van der Waals surface area contributed by atoms with Crippen molar-refractivity contribution in [2.24, 2.45) is 5.10 Å². The van der Waals surface area contributed by atoms with Crippen LogP contribution in [0.15, 0.2) is 69.4 Å². The van der Waals surface area contributed by atoms with Crippen LogP contribution in [-0.2, 0) is 20.9 Å². The van der Waals surface area contributed by atoms with Gasteiger partial charge in [0, 0.05) is 5.70 Å². The first-order valence-electron chi connectivity index (χ1n) is 13.5. The van der Waals surface area contributed by atoms with Gasteiger partial charge in [-0.15, -0.1) is 0 Å². The number of carbonyl (C=O) groups is 3. The van der Waals surface area contributed by atoms with E-state index in [2.05, 4.69) is 37.1 Å². The maximum absolute atomic E-state index is 12.5. The van der Waals surface area contributed by atoms with Crippen LogP contribution in [-0.4, -0.2) is 52.1 Å². The van der Waals surface area contributed by atoms with E-state index in [4.69, 9.17) is 46.9 Å². The molecule has 242 valence electrons. The van der Waals surface area contributed by atoms with E-state index in [9.17, 15) is 14.4 Å². The first-order valence-corrected chi connectivity index (χ1v) is 15.0. The molecule has 1 aliphatic heterocycles. The molecule has 0 spiro atoms. The number of nitrogens with one attached hydrogen (secondary N) is 3. The van der Waals surface area contributed by atoms with Crippen LogP contribution in [0.3, 0.4) is 0 Å². The number of hydrogen-bond donors (Lipinski definition) is 3. The summed E-state index contributed by atoms with van der Waals surface area (Å²) in [6.07, 6.45) is 1.44. The number of hydrazone groups is 1. The van der Waals surface area contributed by atoms with Crippen molar-refractivity contribution in [3.05, 3.63) is 91.0 Å². The van der Waals surface area contributed by atoms with Crippen molar-refractivity contribution in [1.82, 2.24) is 16.1 Å². The lowest BCUT2D eigenvalue weighted by molar-refractivity contribution is -0.136. The van der Waals surface area contributed by atoms with Crippen molar-refractivity contribution in [1.29, 1.82) is 0 Å². The molecule has 3 N–H and O–H groups in total. The number of amides is 3. The Bertz CT molecular complexity index is 1720. The summed E-state index contributed by atoms with van der Waals surface area (Å²) in [6.45, 7) is 1.45. The second-order valence-corrected chi connectivity index (χ2v) is 11.3. The molecule has 1 heterocycles. The fourth-order valence-corrected chi connectivity index (χ4v) is 5.30. The summed E-state index contributed by atoms with van der Waals surface area (Å²) in [5.74, 6) is 0.319. The smallest absolute Gasteiger partial charge is 0.337 e. The predicted molar refractivity (Wildman–Crippen MR) is 175 cm³/mol. The topological polar surface area (TPSA) is 146 Å². The molecule has 46 heavy (non-hydrogen) atoms. The highest BCUT2D eigenvalue weighted by molar-refractivity contribution is 9.10. The zero-order valence-corrected chi connectivity index (χ0v) is 28.1. The molecular formula is C31H29BrCl2N4O8. The molecule has 0 unspecified atom stereocenters. The van der Waals surface area contributed by atoms with Crippen molar-refractivity contribution in [2.45, 2.75) is 19.6 Å². The van der Waals surface area contributed by atoms with Gasteiger partial charge in [0.25, 0.3) is 5.91 Å². The molecule has 0 fully saturated rings. The van der Waals surface area contributed by atoms with E-state index in [0.29, 0.717) is 42.8 Å². The zero-order valence-electron chi connectivity index (χ0n) is 25.0. The van der Waals surface area contributed by atoms with Gasteiger partial charge in [0.1, 0.15) is 6.61 Å². The van der Waals surface area contributed by atoms with E-state index in [1.807, 2.05) is 6.07 Å².